The van der Waals surface area contributed by atoms with Crippen LogP contribution in [-0.4, -0.2) is 92.6 Å². The summed E-state index contributed by atoms with van der Waals surface area (Å²) >= 11 is 0. The maximum absolute atomic E-state index is 12.8. The van der Waals surface area contributed by atoms with Gasteiger partial charge in [0.05, 0.1) is 19.0 Å². The molecule has 0 radical (unpaired) electrons. The van der Waals surface area contributed by atoms with Crippen molar-refractivity contribution in [3.05, 3.63) is 18.2 Å². The number of aliphatic carboxylic acids is 1. The molecule has 1 aromatic heterocycles. The predicted octanol–water partition coefficient (Wildman–Crippen LogP) is -2.55. The topological polar surface area (TPSA) is 217 Å². The second-order valence-electron chi connectivity index (χ2n) is 8.00. The molecule has 2 rings (SSSR count). The van der Waals surface area contributed by atoms with E-state index in [-0.39, 0.29) is 12.8 Å². The number of nitrogens with one attached hydrogen (secondary N) is 3. The van der Waals surface area contributed by atoms with Gasteiger partial charge in [0.15, 0.2) is 0 Å². The van der Waals surface area contributed by atoms with Crippen molar-refractivity contribution < 1.29 is 29.4 Å². The summed E-state index contributed by atoms with van der Waals surface area (Å²) in [5.74, 6) is -3.06. The van der Waals surface area contributed by atoms with Gasteiger partial charge in [0.1, 0.15) is 18.1 Å². The molecule has 1 aromatic rings. The summed E-state index contributed by atoms with van der Waals surface area (Å²) in [4.78, 5) is 57.6. The first kappa shape index (κ1) is 26.2. The molecule has 0 aliphatic carbocycles. The first-order chi connectivity index (χ1) is 15.8. The highest BCUT2D eigenvalue weighted by Gasteiger charge is 2.38. The third-order valence-corrected chi connectivity index (χ3v) is 5.53. The van der Waals surface area contributed by atoms with Gasteiger partial charge in [-0.1, -0.05) is 0 Å². The van der Waals surface area contributed by atoms with E-state index in [1.165, 1.54) is 11.2 Å². The van der Waals surface area contributed by atoms with E-state index in [2.05, 4.69) is 20.6 Å². The van der Waals surface area contributed by atoms with Gasteiger partial charge in [-0.2, -0.15) is 0 Å². The minimum absolute atomic E-state index is 0.170. The van der Waals surface area contributed by atoms with Crippen molar-refractivity contribution >= 4 is 23.7 Å². The van der Waals surface area contributed by atoms with Crippen molar-refractivity contribution in [2.24, 2.45) is 11.5 Å². The molecule has 3 amide bonds. The van der Waals surface area contributed by atoms with Crippen LogP contribution in [0, 0.1) is 0 Å². The number of carboxylic acids is 1. The molecule has 13 heteroatoms. The van der Waals surface area contributed by atoms with Gasteiger partial charge in [-0.15, -0.1) is 0 Å². The summed E-state index contributed by atoms with van der Waals surface area (Å²) in [5, 5.41) is 23.7. The van der Waals surface area contributed by atoms with E-state index in [1.54, 1.807) is 6.20 Å². The van der Waals surface area contributed by atoms with Crippen LogP contribution in [0.2, 0.25) is 0 Å². The van der Waals surface area contributed by atoms with Crippen molar-refractivity contribution in [1.29, 1.82) is 0 Å². The molecule has 13 nitrogen and oxygen atoms in total. The molecule has 1 fully saturated rings. The van der Waals surface area contributed by atoms with Crippen LogP contribution in [0.5, 0.6) is 0 Å². The van der Waals surface area contributed by atoms with Crippen LogP contribution in [0.1, 0.15) is 37.8 Å². The van der Waals surface area contributed by atoms with E-state index in [1.807, 2.05) is 0 Å². The number of nitrogens with two attached hydrogens (primary N) is 2. The fourth-order valence-corrected chi connectivity index (χ4v) is 3.72. The van der Waals surface area contributed by atoms with Crippen LogP contribution in [0.4, 0.5) is 0 Å². The zero-order valence-electron chi connectivity index (χ0n) is 18.4. The highest BCUT2D eigenvalue weighted by molar-refractivity contribution is 5.94. The number of rotatable bonds is 13. The summed E-state index contributed by atoms with van der Waals surface area (Å²) in [7, 11) is 0. The molecule has 0 bridgehead atoms. The Kier molecular flexibility index (Phi) is 10.2. The number of aromatic nitrogens is 2. The van der Waals surface area contributed by atoms with Crippen molar-refractivity contribution in [2.45, 2.75) is 62.7 Å². The second-order valence-corrected chi connectivity index (χ2v) is 8.00. The van der Waals surface area contributed by atoms with Crippen molar-refractivity contribution in [2.75, 3.05) is 19.7 Å². The number of carbonyl (C=O) groups excluding carboxylic acids is 3. The number of H-pyrrole nitrogens is 1. The van der Waals surface area contributed by atoms with Crippen molar-refractivity contribution in [3.63, 3.8) is 0 Å². The highest BCUT2D eigenvalue weighted by Crippen LogP contribution is 2.19. The number of imidazole rings is 1. The molecule has 4 unspecified atom stereocenters. The number of carboxylic acid groups (broad SMARTS) is 1. The summed E-state index contributed by atoms with van der Waals surface area (Å²) < 4.78 is 0. The molecule has 1 aliphatic heterocycles. The summed E-state index contributed by atoms with van der Waals surface area (Å²) in [6.45, 7) is 0.0102. The Morgan fingerprint density at radius 2 is 2.00 bits per heavy atom. The molecule has 2 heterocycles. The average Bonchev–Trinajstić information content (AvgIpc) is 3.48. The predicted molar refractivity (Wildman–Crippen MR) is 116 cm³/mol. The number of hydrogen-bond acceptors (Lipinski definition) is 8. The minimum atomic E-state index is -1.36. The highest BCUT2D eigenvalue weighted by atomic mass is 16.4. The number of nitrogens with zero attached hydrogens (tertiary/aromatic N) is 2. The van der Waals surface area contributed by atoms with Gasteiger partial charge in [0, 0.05) is 24.9 Å². The number of aliphatic hydroxyl groups excluding tert-OH is 1. The van der Waals surface area contributed by atoms with E-state index in [0.29, 0.717) is 44.5 Å². The molecule has 0 aromatic carbocycles. The van der Waals surface area contributed by atoms with Crippen LogP contribution in [0.15, 0.2) is 12.5 Å². The number of amides is 3. The molecule has 33 heavy (non-hydrogen) atoms. The fourth-order valence-electron chi connectivity index (χ4n) is 3.72. The first-order valence-corrected chi connectivity index (χ1v) is 11.0. The Bertz CT molecular complexity index is 803. The van der Waals surface area contributed by atoms with Gasteiger partial charge in [0.25, 0.3) is 0 Å². The van der Waals surface area contributed by atoms with Crippen LogP contribution in [0.3, 0.4) is 0 Å². The molecule has 1 aliphatic rings. The molecule has 9 N–H and O–H groups in total. The molecular weight excluding hydrogens is 434 g/mol. The normalized spacial score (nSPS) is 18.4. The quantitative estimate of drug-likeness (QED) is 0.152. The number of aliphatic hydroxyl groups is 1. The number of aromatic amines is 1. The lowest BCUT2D eigenvalue weighted by Crippen LogP contribution is -2.57. The minimum Gasteiger partial charge on any atom is -0.480 e. The molecule has 4 atom stereocenters. The first-order valence-electron chi connectivity index (χ1n) is 11.0. The standard InChI is InChI=1S/C20H33N7O6/c21-6-2-1-4-14(20(32)33)25-17(29)15(10-28)26-18(30)16-5-3-7-27(16)19(31)13(22)8-12-9-23-11-24-12/h9,11,13-16,28H,1-8,10,21-22H2,(H,23,24)(H,25,29)(H,26,30)(H,32,33). The Morgan fingerprint density at radius 1 is 1.24 bits per heavy atom. The van der Waals surface area contributed by atoms with Crippen LogP contribution >= 0.6 is 0 Å². The van der Waals surface area contributed by atoms with E-state index < -0.39 is 54.5 Å². The van der Waals surface area contributed by atoms with Crippen LogP contribution in [0.25, 0.3) is 0 Å². The van der Waals surface area contributed by atoms with E-state index in [4.69, 9.17) is 11.5 Å². The second kappa shape index (κ2) is 12.9. The zero-order valence-corrected chi connectivity index (χ0v) is 18.4. The Labute approximate surface area is 191 Å². The fraction of sp³-hybridized carbons (Fsp3) is 0.650. The smallest absolute Gasteiger partial charge is 0.326 e. The lowest BCUT2D eigenvalue weighted by molar-refractivity contribution is -0.143. The molecule has 184 valence electrons. The molecule has 0 saturated carbocycles. The van der Waals surface area contributed by atoms with E-state index >= 15 is 0 Å². The Balaban J connectivity index is 1.96. The van der Waals surface area contributed by atoms with Gasteiger partial charge >= 0.3 is 5.97 Å². The van der Waals surface area contributed by atoms with Crippen molar-refractivity contribution in [3.8, 4) is 0 Å². The largest absolute Gasteiger partial charge is 0.480 e. The third-order valence-electron chi connectivity index (χ3n) is 5.53. The maximum Gasteiger partial charge on any atom is 0.326 e. The van der Waals surface area contributed by atoms with Gasteiger partial charge in [-0.3, -0.25) is 14.4 Å². The number of unbranched alkanes of at least 4 members (excludes halogenated alkanes) is 1. The number of likely N-dealkylation sites (tertiary alicyclic amines) is 1. The van der Waals surface area contributed by atoms with Gasteiger partial charge in [-0.25, -0.2) is 9.78 Å². The lowest BCUT2D eigenvalue weighted by atomic mass is 10.1. The monoisotopic (exact) mass is 467 g/mol. The Morgan fingerprint density at radius 3 is 2.61 bits per heavy atom. The lowest BCUT2D eigenvalue weighted by Gasteiger charge is -2.28. The van der Waals surface area contributed by atoms with Gasteiger partial charge in [0.2, 0.25) is 17.7 Å². The SMILES string of the molecule is NCCCCC(NC(=O)C(CO)NC(=O)C1CCCN1C(=O)C(N)Cc1cnc[nH]1)C(=O)O. The van der Waals surface area contributed by atoms with E-state index in [9.17, 15) is 29.4 Å². The van der Waals surface area contributed by atoms with E-state index in [0.717, 1.165) is 0 Å². The average molecular weight is 468 g/mol. The van der Waals surface area contributed by atoms with Crippen LogP contribution < -0.4 is 22.1 Å². The number of carbonyl (C=O) groups is 4. The van der Waals surface area contributed by atoms with Crippen LogP contribution in [-0.2, 0) is 25.6 Å². The summed E-state index contributed by atoms with van der Waals surface area (Å²) in [6, 6.07) is -4.24. The molecular formula is C20H33N7O6. The third kappa shape index (κ3) is 7.51. The Hall–Kier alpha value is -3.03. The number of hydrogen-bond donors (Lipinski definition) is 7. The maximum atomic E-state index is 12.8. The van der Waals surface area contributed by atoms with Gasteiger partial charge < -0.3 is 42.2 Å². The van der Waals surface area contributed by atoms with Crippen molar-refractivity contribution in [1.82, 2.24) is 25.5 Å². The summed E-state index contributed by atoms with van der Waals surface area (Å²) in [5.41, 5.74) is 12.1. The molecule has 0 spiro atoms. The van der Waals surface area contributed by atoms with Gasteiger partial charge in [-0.05, 0) is 38.6 Å². The molecule has 1 saturated heterocycles. The zero-order chi connectivity index (χ0) is 24.4. The summed E-state index contributed by atoms with van der Waals surface area (Å²) in [6.07, 6.45) is 5.51.